The summed E-state index contributed by atoms with van der Waals surface area (Å²) in [5, 5.41) is 2.80. The number of anilines is 1. The van der Waals surface area contributed by atoms with Crippen LogP contribution in [-0.2, 0) is 4.79 Å². The molecule has 0 fully saturated rings. The summed E-state index contributed by atoms with van der Waals surface area (Å²) in [6, 6.07) is 9.01. The highest BCUT2D eigenvalue weighted by Crippen LogP contribution is 2.36. The molecule has 0 saturated heterocycles. The minimum absolute atomic E-state index is 0.0807. The Morgan fingerprint density at radius 1 is 1.26 bits per heavy atom. The number of nitrogens with one attached hydrogen (secondary N) is 1. The Bertz CT molecular complexity index is 439. The number of amides is 1. The smallest absolute Gasteiger partial charge is 0.250 e. The Morgan fingerprint density at radius 3 is 2.32 bits per heavy atom. The first-order valence-corrected chi connectivity index (χ1v) is 10.0. The van der Waals surface area contributed by atoms with Gasteiger partial charge >= 0.3 is 0 Å². The average molecular weight is 344 g/mol. The Labute approximate surface area is 125 Å². The van der Waals surface area contributed by atoms with Gasteiger partial charge in [-0.2, -0.15) is 0 Å². The third-order valence-electron chi connectivity index (χ3n) is 3.53. The summed E-state index contributed by atoms with van der Waals surface area (Å²) in [4.78, 5) is 11.2. The number of halogens is 1. The average Bonchev–Trinajstić information content (AvgIpc) is 2.40. The Morgan fingerprint density at radius 2 is 1.84 bits per heavy atom. The van der Waals surface area contributed by atoms with Crippen molar-refractivity contribution in [2.45, 2.75) is 45.8 Å². The SMILES string of the molecule is CC[Si](CC)(CC)Oc1cccc(NC(C)=O)c1Br. The lowest BCUT2D eigenvalue weighted by molar-refractivity contribution is -0.114. The quantitative estimate of drug-likeness (QED) is 0.754. The van der Waals surface area contributed by atoms with E-state index in [1.165, 1.54) is 6.92 Å². The standard InChI is InChI=1S/C14H22BrNO2Si/c1-5-19(6-2,7-3)18-13-10-8-9-12(14(13)15)16-11(4)17/h8-10H,5-7H2,1-4H3,(H,16,17). The molecule has 0 aliphatic heterocycles. The molecule has 19 heavy (non-hydrogen) atoms. The van der Waals surface area contributed by atoms with Crippen LogP contribution in [0.2, 0.25) is 18.1 Å². The lowest BCUT2D eigenvalue weighted by Gasteiger charge is -2.29. The highest BCUT2D eigenvalue weighted by Gasteiger charge is 2.31. The summed E-state index contributed by atoms with van der Waals surface area (Å²) < 4.78 is 7.17. The second-order valence-electron chi connectivity index (χ2n) is 4.64. The maximum absolute atomic E-state index is 11.2. The second-order valence-corrected chi connectivity index (χ2v) is 10.1. The number of carbonyl (C=O) groups excluding carboxylic acids is 1. The van der Waals surface area contributed by atoms with Gasteiger partial charge in [-0.05, 0) is 46.2 Å². The molecule has 0 atom stereocenters. The molecule has 0 heterocycles. The van der Waals surface area contributed by atoms with Crippen LogP contribution in [0.3, 0.4) is 0 Å². The van der Waals surface area contributed by atoms with Crippen LogP contribution in [0.1, 0.15) is 27.7 Å². The Kier molecular flexibility index (Phi) is 6.07. The van der Waals surface area contributed by atoms with Crippen LogP contribution in [0.5, 0.6) is 5.75 Å². The monoisotopic (exact) mass is 343 g/mol. The van der Waals surface area contributed by atoms with Gasteiger partial charge in [0, 0.05) is 6.92 Å². The molecule has 0 aliphatic carbocycles. The lowest BCUT2D eigenvalue weighted by atomic mass is 10.3. The lowest BCUT2D eigenvalue weighted by Crippen LogP contribution is -2.39. The fraction of sp³-hybridized carbons (Fsp3) is 0.500. The topological polar surface area (TPSA) is 38.3 Å². The third-order valence-corrected chi connectivity index (χ3v) is 8.87. The first-order valence-electron chi connectivity index (χ1n) is 6.73. The van der Waals surface area contributed by atoms with E-state index in [1.54, 1.807) is 0 Å². The molecule has 3 nitrogen and oxygen atoms in total. The fourth-order valence-electron chi connectivity index (χ4n) is 2.08. The molecule has 1 N–H and O–H groups in total. The third kappa shape index (κ3) is 4.08. The summed E-state index contributed by atoms with van der Waals surface area (Å²) in [5.41, 5.74) is 0.760. The Balaban J connectivity index is 3.04. The van der Waals surface area contributed by atoms with Crippen molar-refractivity contribution < 1.29 is 9.22 Å². The molecular weight excluding hydrogens is 322 g/mol. The van der Waals surface area contributed by atoms with E-state index in [0.29, 0.717) is 0 Å². The van der Waals surface area contributed by atoms with E-state index in [4.69, 9.17) is 4.43 Å². The number of rotatable bonds is 6. The van der Waals surface area contributed by atoms with Crippen molar-refractivity contribution in [1.82, 2.24) is 0 Å². The van der Waals surface area contributed by atoms with Crippen LogP contribution in [0, 0.1) is 0 Å². The predicted molar refractivity (Wildman–Crippen MR) is 86.3 cm³/mol. The molecule has 1 aromatic rings. The van der Waals surface area contributed by atoms with Gasteiger partial charge < -0.3 is 9.74 Å². The maximum atomic E-state index is 11.2. The number of benzene rings is 1. The van der Waals surface area contributed by atoms with Gasteiger partial charge in [0.15, 0.2) is 0 Å². The summed E-state index contributed by atoms with van der Waals surface area (Å²) in [6.07, 6.45) is 0. The van der Waals surface area contributed by atoms with Crippen LogP contribution >= 0.6 is 15.9 Å². The van der Waals surface area contributed by atoms with E-state index in [2.05, 4.69) is 42.0 Å². The van der Waals surface area contributed by atoms with Crippen LogP contribution < -0.4 is 9.74 Å². The van der Waals surface area contributed by atoms with Gasteiger partial charge in [0.1, 0.15) is 5.75 Å². The van der Waals surface area contributed by atoms with E-state index < -0.39 is 8.32 Å². The molecule has 0 aliphatic rings. The van der Waals surface area contributed by atoms with Gasteiger partial charge in [-0.15, -0.1) is 0 Å². The van der Waals surface area contributed by atoms with Crippen LogP contribution in [0.4, 0.5) is 5.69 Å². The summed E-state index contributed by atoms with van der Waals surface area (Å²) in [7, 11) is -1.70. The van der Waals surface area contributed by atoms with Gasteiger partial charge in [-0.25, -0.2) is 0 Å². The van der Waals surface area contributed by atoms with E-state index >= 15 is 0 Å². The van der Waals surface area contributed by atoms with Crippen molar-refractivity contribution in [1.29, 1.82) is 0 Å². The van der Waals surface area contributed by atoms with Gasteiger partial charge in [0.25, 0.3) is 8.32 Å². The zero-order chi connectivity index (χ0) is 14.5. The maximum Gasteiger partial charge on any atom is 0.250 e. The van der Waals surface area contributed by atoms with Gasteiger partial charge in [-0.1, -0.05) is 26.8 Å². The van der Waals surface area contributed by atoms with Gasteiger partial charge in [-0.3, -0.25) is 4.79 Å². The second kappa shape index (κ2) is 7.10. The highest BCUT2D eigenvalue weighted by molar-refractivity contribution is 9.10. The van der Waals surface area contributed by atoms with Crippen LogP contribution in [0.15, 0.2) is 22.7 Å². The molecule has 1 amide bonds. The minimum atomic E-state index is -1.70. The number of hydrogen-bond donors (Lipinski definition) is 1. The molecule has 0 aromatic heterocycles. The zero-order valence-corrected chi connectivity index (χ0v) is 14.6. The van der Waals surface area contributed by atoms with E-state index in [0.717, 1.165) is 34.0 Å². The molecule has 0 radical (unpaired) electrons. The van der Waals surface area contributed by atoms with E-state index in [-0.39, 0.29) is 5.91 Å². The molecular formula is C14H22BrNO2Si. The highest BCUT2D eigenvalue weighted by atomic mass is 79.9. The summed E-state index contributed by atoms with van der Waals surface area (Å²) >= 11 is 3.53. The van der Waals surface area contributed by atoms with Crippen molar-refractivity contribution in [3.8, 4) is 5.75 Å². The Hall–Kier alpha value is -0.813. The van der Waals surface area contributed by atoms with Crippen LogP contribution in [0.25, 0.3) is 0 Å². The minimum Gasteiger partial charge on any atom is -0.543 e. The van der Waals surface area contributed by atoms with E-state index in [1.807, 2.05) is 18.2 Å². The number of hydrogen-bond acceptors (Lipinski definition) is 2. The summed E-state index contributed by atoms with van der Waals surface area (Å²) in [6.45, 7) is 8.10. The normalized spacial score (nSPS) is 11.2. The first-order chi connectivity index (χ1) is 8.98. The van der Waals surface area contributed by atoms with Crippen molar-refractivity contribution in [2.24, 2.45) is 0 Å². The summed E-state index contributed by atoms with van der Waals surface area (Å²) in [5.74, 6) is 0.756. The van der Waals surface area contributed by atoms with Crippen molar-refractivity contribution >= 4 is 35.8 Å². The van der Waals surface area contributed by atoms with Crippen molar-refractivity contribution in [3.63, 3.8) is 0 Å². The molecule has 1 rings (SSSR count). The fourth-order valence-corrected chi connectivity index (χ4v) is 5.24. The van der Waals surface area contributed by atoms with Crippen LogP contribution in [-0.4, -0.2) is 14.2 Å². The van der Waals surface area contributed by atoms with E-state index in [9.17, 15) is 4.79 Å². The zero-order valence-electron chi connectivity index (χ0n) is 12.0. The number of carbonyl (C=O) groups is 1. The van der Waals surface area contributed by atoms with Gasteiger partial charge in [0.05, 0.1) is 10.2 Å². The molecule has 0 spiro atoms. The van der Waals surface area contributed by atoms with Crippen molar-refractivity contribution in [3.05, 3.63) is 22.7 Å². The first kappa shape index (κ1) is 16.2. The molecule has 0 bridgehead atoms. The molecule has 0 saturated carbocycles. The van der Waals surface area contributed by atoms with Crippen molar-refractivity contribution in [2.75, 3.05) is 5.32 Å². The molecule has 1 aromatic carbocycles. The molecule has 0 unspecified atom stereocenters. The predicted octanol–water partition coefficient (Wildman–Crippen LogP) is 4.79. The van der Waals surface area contributed by atoms with Gasteiger partial charge in [0.2, 0.25) is 5.91 Å². The largest absolute Gasteiger partial charge is 0.543 e. The molecule has 106 valence electrons. The molecule has 5 heteroatoms.